The number of rotatable bonds is 21. The van der Waals surface area contributed by atoms with E-state index in [9.17, 15) is 67.7 Å². The number of aliphatic carboxylic acids is 1. The summed E-state index contributed by atoms with van der Waals surface area (Å²) in [5.41, 5.74) is 24.7. The summed E-state index contributed by atoms with van der Waals surface area (Å²) in [6, 6.07) is 2.88. The highest BCUT2D eigenvalue weighted by atomic mass is 33.1. The van der Waals surface area contributed by atoms with Crippen LogP contribution in [-0.4, -0.2) is 189 Å². The summed E-state index contributed by atoms with van der Waals surface area (Å²) < 4.78 is 0. The number of guanidine groups is 1. The molecule has 19 N–H and O–H groups in total. The lowest BCUT2D eigenvalue weighted by molar-refractivity contribution is -0.142. The number of hydrogen-bond acceptors (Lipinski definition) is 18. The van der Waals surface area contributed by atoms with Gasteiger partial charge in [0.2, 0.25) is 65.0 Å². The van der Waals surface area contributed by atoms with Gasteiger partial charge in [-0.15, -0.1) is 0 Å². The van der Waals surface area contributed by atoms with Gasteiger partial charge in [0.1, 0.15) is 60.1 Å². The molecule has 0 saturated carbocycles. The number of aromatic hydroxyl groups is 1. The van der Waals surface area contributed by atoms with Crippen LogP contribution in [-0.2, 0) is 76.8 Å². The molecule has 3 aromatic rings. The minimum absolute atomic E-state index is 0.0130. The molecule has 2 fully saturated rings. The van der Waals surface area contributed by atoms with Crippen molar-refractivity contribution in [2.75, 3.05) is 31.1 Å². The number of fused-ring (bicyclic) bond motifs is 1. The Bertz CT molecular complexity index is 3070. The number of hydrogen-bond donors (Lipinski definition) is 15. The second kappa shape index (κ2) is 36.0. The number of carboxylic acid groups (broad SMARTS) is 1. The van der Waals surface area contributed by atoms with Crippen LogP contribution in [0.5, 0.6) is 5.75 Å². The highest BCUT2D eigenvalue weighted by Gasteiger charge is 2.39. The van der Waals surface area contributed by atoms with E-state index in [0.717, 1.165) is 21.6 Å². The Kier molecular flexibility index (Phi) is 28.7. The number of nitrogens with one attached hydrogen (secondary N) is 9. The van der Waals surface area contributed by atoms with Gasteiger partial charge in [-0.2, -0.15) is 0 Å². The van der Waals surface area contributed by atoms with Crippen molar-refractivity contribution < 1.29 is 67.7 Å². The van der Waals surface area contributed by atoms with Crippen molar-refractivity contribution in [2.45, 2.75) is 139 Å². The summed E-state index contributed by atoms with van der Waals surface area (Å²) in [6.45, 7) is 5.78. The van der Waals surface area contributed by atoms with Gasteiger partial charge in [0.05, 0.1) is 19.0 Å². The van der Waals surface area contributed by atoms with E-state index in [1.807, 2.05) is 0 Å². The largest absolute Gasteiger partial charge is 0.508 e. The van der Waals surface area contributed by atoms with Crippen molar-refractivity contribution in [3.8, 4) is 5.75 Å². The van der Waals surface area contributed by atoms with Gasteiger partial charge in [0.15, 0.2) is 5.96 Å². The Morgan fingerprint density at radius 1 is 0.714 bits per heavy atom. The molecule has 0 bridgehead atoms. The number of pyridine rings is 1. The maximum atomic E-state index is 14.9. The number of aliphatic imine (C=N–C) groups is 1. The number of carbonyl (C=O) groups is 12. The lowest BCUT2D eigenvalue weighted by Gasteiger charge is -2.29. The quantitative estimate of drug-likeness (QED) is 0.0217. The standard InChI is InChI=1S/C59H82N16O14S2/c1-31(2)47(60)57(88)71-40(24-34-16-18-36(76)19-17-34)52(83)72-42-29-90-91-30-43(55(86)68-38(49(61)80)25-35-13-8-20-64-27-35)73-51(82)39(23-33-11-6-5-7-12-33)70-56(87)44-15-10-22-75(44)45(77)28-66-58(89)48(32(3)4)74-53(84)41(26-46(78)79)69-50(81)37(67-54(42)85)14-9-21-65-59(62)63/h5-8,11-13,16-20,27,31-32,37-44,47-48,76H,9-10,14-15,21-26,28-30,60H2,1-4H3,(H2,61,80)(H,66,89)(H,67,85)(H,68,86)(H,69,81)(H,70,87)(H,71,88)(H,72,83)(H,73,82)(H,74,84)(H,78,79)(H4,62,63,65)/t37-,38-,39-,40-,41-,42-,43-,44-,47-,48-/m0/s1. The molecule has 91 heavy (non-hydrogen) atoms. The van der Waals surface area contributed by atoms with Gasteiger partial charge < -0.3 is 85.9 Å². The van der Waals surface area contributed by atoms with E-state index >= 15 is 0 Å². The van der Waals surface area contributed by atoms with Crippen molar-refractivity contribution in [3.05, 3.63) is 95.8 Å². The Morgan fingerprint density at radius 2 is 1.35 bits per heavy atom. The van der Waals surface area contributed by atoms with Crippen molar-refractivity contribution in [1.82, 2.24) is 57.7 Å². The zero-order chi connectivity index (χ0) is 66.9. The Balaban J connectivity index is 1.62. The van der Waals surface area contributed by atoms with Crippen molar-refractivity contribution in [3.63, 3.8) is 0 Å². The van der Waals surface area contributed by atoms with E-state index < -0.39 is 162 Å². The monoisotopic (exact) mass is 1300 g/mol. The molecule has 1 aromatic heterocycles. The van der Waals surface area contributed by atoms with Gasteiger partial charge in [-0.05, 0) is 72.4 Å². The molecule has 2 aromatic carbocycles. The molecular formula is C59H82N16O14S2. The number of nitrogens with two attached hydrogens (primary N) is 4. The zero-order valence-corrected chi connectivity index (χ0v) is 52.5. The molecule has 32 heteroatoms. The van der Waals surface area contributed by atoms with E-state index in [1.165, 1.54) is 41.6 Å². The van der Waals surface area contributed by atoms with Crippen LogP contribution in [0, 0.1) is 11.8 Å². The van der Waals surface area contributed by atoms with Gasteiger partial charge in [0, 0.05) is 56.3 Å². The molecule has 2 aliphatic rings. The fourth-order valence-electron chi connectivity index (χ4n) is 9.57. The Hall–Kier alpha value is -9.04. The second-order valence-electron chi connectivity index (χ2n) is 22.5. The van der Waals surface area contributed by atoms with Crippen LogP contribution in [0.1, 0.15) is 76.5 Å². The highest BCUT2D eigenvalue weighted by molar-refractivity contribution is 8.76. The van der Waals surface area contributed by atoms with Gasteiger partial charge in [-0.1, -0.05) is 97.8 Å². The fraction of sp³-hybridized carbons (Fsp3) is 0.492. The lowest BCUT2D eigenvalue weighted by Crippen LogP contribution is -2.61. The van der Waals surface area contributed by atoms with Crippen LogP contribution in [0.3, 0.4) is 0 Å². The Labute approximate surface area is 533 Å². The number of amides is 11. The molecule has 0 unspecified atom stereocenters. The van der Waals surface area contributed by atoms with Crippen LogP contribution < -0.4 is 70.8 Å². The first-order chi connectivity index (χ1) is 43.2. The third-order valence-electron chi connectivity index (χ3n) is 14.7. The van der Waals surface area contributed by atoms with E-state index in [2.05, 4.69) is 57.8 Å². The number of phenols is 1. The summed E-state index contributed by atoms with van der Waals surface area (Å²) in [5, 5.41) is 43.3. The summed E-state index contributed by atoms with van der Waals surface area (Å²) >= 11 is 0. The molecule has 2 aliphatic heterocycles. The predicted octanol–water partition coefficient (Wildman–Crippen LogP) is -3.15. The predicted molar refractivity (Wildman–Crippen MR) is 337 cm³/mol. The number of carbonyl (C=O) groups excluding carboxylic acids is 11. The average molecular weight is 1300 g/mol. The minimum atomic E-state index is -1.89. The summed E-state index contributed by atoms with van der Waals surface area (Å²) in [4.78, 5) is 178. The summed E-state index contributed by atoms with van der Waals surface area (Å²) in [6.07, 6.45) is 1.69. The van der Waals surface area contributed by atoms with Gasteiger partial charge in [-0.25, -0.2) is 0 Å². The molecule has 30 nitrogen and oxygen atoms in total. The first kappa shape index (κ1) is 72.7. The molecule has 3 heterocycles. The normalized spacial score (nSPS) is 22.0. The maximum absolute atomic E-state index is 14.9. The zero-order valence-electron chi connectivity index (χ0n) is 50.9. The van der Waals surface area contributed by atoms with E-state index in [1.54, 1.807) is 70.2 Å². The molecule has 11 amide bonds. The Morgan fingerprint density at radius 3 is 1.99 bits per heavy atom. The fourth-order valence-corrected chi connectivity index (χ4v) is 11.9. The molecule has 2 saturated heterocycles. The van der Waals surface area contributed by atoms with Crippen molar-refractivity contribution in [1.29, 1.82) is 0 Å². The molecule has 0 radical (unpaired) electrons. The third kappa shape index (κ3) is 23.7. The van der Waals surface area contributed by atoms with Crippen LogP contribution >= 0.6 is 21.6 Å². The molecule has 0 aliphatic carbocycles. The molecule has 494 valence electrons. The van der Waals surface area contributed by atoms with Gasteiger partial charge in [0.25, 0.3) is 0 Å². The minimum Gasteiger partial charge on any atom is -0.508 e. The van der Waals surface area contributed by atoms with Crippen molar-refractivity contribution in [2.24, 2.45) is 39.8 Å². The average Bonchev–Trinajstić information content (AvgIpc) is 2.36. The van der Waals surface area contributed by atoms with E-state index in [-0.39, 0.29) is 69.1 Å². The number of nitrogens with zero attached hydrogens (tertiary/aromatic N) is 3. The van der Waals surface area contributed by atoms with Crippen LogP contribution in [0.2, 0.25) is 0 Å². The van der Waals surface area contributed by atoms with Crippen LogP contribution in [0.25, 0.3) is 0 Å². The topological polar surface area (TPSA) is 486 Å². The highest BCUT2D eigenvalue weighted by Crippen LogP contribution is 2.25. The van der Waals surface area contributed by atoms with Crippen LogP contribution in [0.4, 0.5) is 0 Å². The maximum Gasteiger partial charge on any atom is 0.305 e. The van der Waals surface area contributed by atoms with Gasteiger partial charge >= 0.3 is 5.97 Å². The summed E-state index contributed by atoms with van der Waals surface area (Å²) in [5.74, 6) is -13.9. The molecule has 0 spiro atoms. The first-order valence-electron chi connectivity index (χ1n) is 29.5. The van der Waals surface area contributed by atoms with Crippen molar-refractivity contribution >= 4 is 98.5 Å². The van der Waals surface area contributed by atoms with Crippen LogP contribution in [0.15, 0.2) is 84.1 Å². The first-order valence-corrected chi connectivity index (χ1v) is 32.0. The second-order valence-corrected chi connectivity index (χ2v) is 25.1. The molecule has 10 atom stereocenters. The van der Waals surface area contributed by atoms with E-state index in [0.29, 0.717) is 23.1 Å². The van der Waals surface area contributed by atoms with Gasteiger partial charge in [-0.3, -0.25) is 67.5 Å². The van der Waals surface area contributed by atoms with E-state index in [4.69, 9.17) is 22.9 Å². The third-order valence-corrected chi connectivity index (χ3v) is 17.1. The number of primary amides is 1. The number of phenolic OH excluding ortho intramolecular Hbond substituents is 1. The number of benzene rings is 2. The smallest absolute Gasteiger partial charge is 0.305 e. The molecular weight excluding hydrogens is 1220 g/mol. The molecule has 5 rings (SSSR count). The lowest BCUT2D eigenvalue weighted by atomic mass is 10.0. The number of aromatic nitrogens is 1. The SMILES string of the molecule is CC(C)[C@H](N)C(=O)N[C@@H](Cc1ccc(O)cc1)C(=O)N[C@H]1CSSC[C@@H](C(=O)N[C@@H](Cc2cccnc2)C(N)=O)NC(=O)[C@H](Cc2ccccc2)NC(=O)[C@@H]2CCCN2C(=O)CNC(=O)[C@H](C(C)C)NC(=O)[C@H](CC(=O)O)NC(=O)[C@H](CCCN=C(N)N)NC1=O. The number of carboxylic acids is 1. The summed E-state index contributed by atoms with van der Waals surface area (Å²) in [7, 11) is 1.78.